The minimum Gasteiger partial charge on any atom is -0.497 e. The quantitative estimate of drug-likeness (QED) is 0.497. The number of aromatic nitrogens is 2. The molecule has 0 saturated heterocycles. The summed E-state index contributed by atoms with van der Waals surface area (Å²) in [7, 11) is 5.50. The van der Waals surface area contributed by atoms with Crippen LogP contribution in [0.1, 0.15) is 18.9 Å². The van der Waals surface area contributed by atoms with Crippen LogP contribution in [0.2, 0.25) is 0 Å². The number of carbonyl (C=O) groups excluding carboxylic acids is 2. The number of anilines is 1. The summed E-state index contributed by atoms with van der Waals surface area (Å²) >= 11 is 0. The van der Waals surface area contributed by atoms with Crippen molar-refractivity contribution in [1.29, 1.82) is 0 Å². The first-order valence-corrected chi connectivity index (χ1v) is 11.3. The lowest BCUT2D eigenvalue weighted by atomic mass is 10.1. The minimum atomic E-state index is -0.291. The molecule has 0 bridgehead atoms. The van der Waals surface area contributed by atoms with Crippen LogP contribution in [0.25, 0.3) is 16.9 Å². The van der Waals surface area contributed by atoms with Gasteiger partial charge in [-0.3, -0.25) is 19.5 Å². The highest BCUT2D eigenvalue weighted by Gasteiger charge is 2.19. The van der Waals surface area contributed by atoms with Gasteiger partial charge in [-0.1, -0.05) is 24.6 Å². The fraction of sp³-hybridized carbons (Fsp3) is 0.346. The maximum atomic E-state index is 13.0. The molecule has 3 rings (SSSR count). The predicted molar refractivity (Wildman–Crippen MR) is 134 cm³/mol. The lowest BCUT2D eigenvalue weighted by molar-refractivity contribution is -0.134. The predicted octanol–water partition coefficient (Wildman–Crippen LogP) is 3.60. The molecular formula is C26H33N5O3. The number of hydrogen-bond donors (Lipinski definition) is 1. The van der Waals surface area contributed by atoms with Crippen molar-refractivity contribution in [2.75, 3.05) is 46.2 Å². The van der Waals surface area contributed by atoms with Crippen molar-refractivity contribution in [3.05, 3.63) is 60.3 Å². The Hall–Kier alpha value is -3.65. The van der Waals surface area contributed by atoms with E-state index in [2.05, 4.69) is 5.32 Å². The lowest BCUT2D eigenvalue weighted by Crippen LogP contribution is -2.41. The summed E-state index contributed by atoms with van der Waals surface area (Å²) in [6, 6.07) is 15.6. The molecule has 0 atom stereocenters. The molecule has 0 saturated carbocycles. The lowest BCUT2D eigenvalue weighted by Gasteiger charge is -2.23. The van der Waals surface area contributed by atoms with Gasteiger partial charge in [0.05, 0.1) is 19.3 Å². The van der Waals surface area contributed by atoms with Crippen molar-refractivity contribution in [2.24, 2.45) is 0 Å². The number of benzene rings is 2. The molecule has 180 valence electrons. The Morgan fingerprint density at radius 3 is 2.29 bits per heavy atom. The summed E-state index contributed by atoms with van der Waals surface area (Å²) in [6.45, 7) is 4.96. The van der Waals surface area contributed by atoms with Gasteiger partial charge in [-0.2, -0.15) is 0 Å². The van der Waals surface area contributed by atoms with Crippen LogP contribution in [0.3, 0.4) is 0 Å². The van der Waals surface area contributed by atoms with Crippen molar-refractivity contribution in [3.63, 3.8) is 0 Å². The normalized spacial score (nSPS) is 10.9. The van der Waals surface area contributed by atoms with Crippen LogP contribution < -0.4 is 10.1 Å². The topological polar surface area (TPSA) is 79.7 Å². The molecule has 3 aromatic rings. The number of nitrogens with zero attached hydrogens (tertiary/aromatic N) is 4. The first kappa shape index (κ1) is 25.0. The number of rotatable bonds is 10. The van der Waals surface area contributed by atoms with Gasteiger partial charge in [-0.25, -0.2) is 4.98 Å². The van der Waals surface area contributed by atoms with Crippen LogP contribution >= 0.6 is 0 Å². The molecule has 1 aromatic heterocycles. The molecule has 0 fully saturated rings. The molecule has 0 aliphatic heterocycles. The van der Waals surface area contributed by atoms with Crippen LogP contribution in [-0.4, -0.2) is 72.0 Å². The SMILES string of the molecule is CCC(=O)N(CCN(C)C)CC(=O)Nc1nc(-c2ccc(OC)cc2)cn1-c1ccc(C)cc1. The number of aryl methyl sites for hydroxylation is 1. The standard InChI is InChI=1S/C26H33N5O3/c1-6-25(33)30(16-15-29(3)4)18-24(32)28-26-27-23(20-9-13-22(34-5)14-10-20)17-31(26)21-11-7-19(2)8-12-21/h7-14,17H,6,15-16,18H2,1-5H3,(H,27,28,32). The zero-order valence-electron chi connectivity index (χ0n) is 20.5. The number of imidazole rings is 1. The van der Waals surface area contributed by atoms with E-state index in [4.69, 9.17) is 9.72 Å². The molecule has 2 aromatic carbocycles. The van der Waals surface area contributed by atoms with Gasteiger partial charge in [0.25, 0.3) is 0 Å². The third kappa shape index (κ3) is 6.45. The number of carbonyl (C=O) groups is 2. The van der Waals surface area contributed by atoms with Crippen molar-refractivity contribution in [3.8, 4) is 22.7 Å². The summed E-state index contributed by atoms with van der Waals surface area (Å²) < 4.78 is 7.10. The van der Waals surface area contributed by atoms with Gasteiger partial charge in [0.2, 0.25) is 17.8 Å². The summed E-state index contributed by atoms with van der Waals surface area (Å²) in [5.74, 6) is 0.809. The van der Waals surface area contributed by atoms with E-state index in [0.717, 1.165) is 22.6 Å². The third-order valence-corrected chi connectivity index (χ3v) is 5.46. The molecule has 0 unspecified atom stereocenters. The molecule has 1 N–H and O–H groups in total. The number of nitrogens with one attached hydrogen (secondary N) is 1. The molecule has 0 spiro atoms. The Morgan fingerprint density at radius 1 is 1.03 bits per heavy atom. The molecule has 34 heavy (non-hydrogen) atoms. The zero-order valence-corrected chi connectivity index (χ0v) is 20.5. The summed E-state index contributed by atoms with van der Waals surface area (Å²) in [5.41, 5.74) is 3.63. The van der Waals surface area contributed by atoms with Crippen LogP contribution in [0, 0.1) is 6.92 Å². The largest absolute Gasteiger partial charge is 0.497 e. The second-order valence-electron chi connectivity index (χ2n) is 8.40. The van der Waals surface area contributed by atoms with Crippen LogP contribution in [0.5, 0.6) is 5.75 Å². The van der Waals surface area contributed by atoms with E-state index < -0.39 is 0 Å². The van der Waals surface area contributed by atoms with Crippen molar-refractivity contribution >= 4 is 17.8 Å². The highest BCUT2D eigenvalue weighted by molar-refractivity contribution is 5.93. The Kier molecular flexibility index (Phi) is 8.43. The number of likely N-dealkylation sites (N-methyl/N-ethyl adjacent to an activating group) is 1. The van der Waals surface area contributed by atoms with Gasteiger partial charge in [0, 0.05) is 37.0 Å². The number of methoxy groups -OCH3 is 1. The van der Waals surface area contributed by atoms with Gasteiger partial charge in [-0.15, -0.1) is 0 Å². The van der Waals surface area contributed by atoms with Crippen molar-refractivity contribution < 1.29 is 14.3 Å². The maximum absolute atomic E-state index is 13.0. The smallest absolute Gasteiger partial charge is 0.246 e. The third-order valence-electron chi connectivity index (χ3n) is 5.46. The number of hydrogen-bond acceptors (Lipinski definition) is 5. The number of ether oxygens (including phenoxy) is 1. The van der Waals surface area contributed by atoms with Gasteiger partial charge >= 0.3 is 0 Å². The average Bonchev–Trinajstić information content (AvgIpc) is 3.25. The minimum absolute atomic E-state index is 0.0286. The first-order chi connectivity index (χ1) is 16.3. The monoisotopic (exact) mass is 463 g/mol. The molecule has 8 heteroatoms. The van der Waals surface area contributed by atoms with Gasteiger partial charge in [0.15, 0.2) is 0 Å². The molecule has 1 heterocycles. The van der Waals surface area contributed by atoms with Crippen LogP contribution in [-0.2, 0) is 9.59 Å². The summed E-state index contributed by atoms with van der Waals surface area (Å²) in [5, 5.41) is 2.91. The van der Waals surface area contributed by atoms with E-state index in [1.54, 1.807) is 18.9 Å². The van der Waals surface area contributed by atoms with Crippen molar-refractivity contribution in [2.45, 2.75) is 20.3 Å². The number of amides is 2. The van der Waals surface area contributed by atoms with E-state index >= 15 is 0 Å². The summed E-state index contributed by atoms with van der Waals surface area (Å²) in [6.07, 6.45) is 2.24. The van der Waals surface area contributed by atoms with E-state index in [0.29, 0.717) is 31.2 Å². The fourth-order valence-electron chi connectivity index (χ4n) is 3.45. The highest BCUT2D eigenvalue weighted by Crippen LogP contribution is 2.26. The van der Waals surface area contributed by atoms with E-state index in [1.807, 2.05) is 85.2 Å². The second-order valence-corrected chi connectivity index (χ2v) is 8.40. The van der Waals surface area contributed by atoms with Crippen molar-refractivity contribution in [1.82, 2.24) is 19.4 Å². The Morgan fingerprint density at radius 2 is 1.71 bits per heavy atom. The van der Waals surface area contributed by atoms with Gasteiger partial charge in [-0.05, 0) is 57.4 Å². The Balaban J connectivity index is 1.88. The molecule has 0 aliphatic rings. The highest BCUT2D eigenvalue weighted by atomic mass is 16.5. The molecule has 0 aliphatic carbocycles. The molecule has 0 radical (unpaired) electrons. The van der Waals surface area contributed by atoms with Gasteiger partial charge < -0.3 is 14.5 Å². The maximum Gasteiger partial charge on any atom is 0.246 e. The fourth-order valence-corrected chi connectivity index (χ4v) is 3.45. The molecule has 8 nitrogen and oxygen atoms in total. The van der Waals surface area contributed by atoms with Crippen LogP contribution in [0.15, 0.2) is 54.7 Å². The Bertz CT molecular complexity index is 1100. The molecule has 2 amide bonds. The van der Waals surface area contributed by atoms with Gasteiger partial charge in [0.1, 0.15) is 5.75 Å². The first-order valence-electron chi connectivity index (χ1n) is 11.3. The average molecular weight is 464 g/mol. The second kappa shape index (κ2) is 11.5. The van der Waals surface area contributed by atoms with E-state index in [1.165, 1.54) is 0 Å². The van der Waals surface area contributed by atoms with E-state index in [9.17, 15) is 9.59 Å². The molecular weight excluding hydrogens is 430 g/mol. The summed E-state index contributed by atoms with van der Waals surface area (Å²) in [4.78, 5) is 33.6. The van der Waals surface area contributed by atoms with E-state index in [-0.39, 0.29) is 18.4 Å². The zero-order chi connectivity index (χ0) is 24.7. The van der Waals surface area contributed by atoms with Crippen LogP contribution in [0.4, 0.5) is 5.95 Å². The Labute approximate surface area is 201 Å².